The van der Waals surface area contributed by atoms with Crippen LogP contribution in [-0.4, -0.2) is 42.4 Å². The molecule has 1 spiro atoms. The Morgan fingerprint density at radius 3 is 2.44 bits per heavy atom. The molecule has 0 radical (unpaired) electrons. The minimum absolute atomic E-state index is 0.303. The van der Waals surface area contributed by atoms with Crippen molar-refractivity contribution in [3.05, 3.63) is 59.7 Å². The third-order valence-electron chi connectivity index (χ3n) is 6.85. The molecule has 1 unspecified atom stereocenters. The van der Waals surface area contributed by atoms with Crippen LogP contribution in [0.15, 0.2) is 48.5 Å². The van der Waals surface area contributed by atoms with Crippen molar-refractivity contribution in [2.75, 3.05) is 29.9 Å². The number of nitrogens with zero attached hydrogens (tertiary/aromatic N) is 2. The topological polar surface area (TPSA) is 81.8 Å². The number of urea groups is 1. The van der Waals surface area contributed by atoms with Gasteiger partial charge in [-0.05, 0) is 61.1 Å². The summed E-state index contributed by atoms with van der Waals surface area (Å²) < 4.78 is 0. The van der Waals surface area contributed by atoms with Crippen LogP contribution >= 0.6 is 0 Å². The lowest BCUT2D eigenvalue weighted by Crippen LogP contribution is -2.43. The fraction of sp³-hybridized carbons (Fsp3) is 0.400. The first-order valence-corrected chi connectivity index (χ1v) is 11.4. The number of rotatable bonds is 4. The van der Waals surface area contributed by atoms with Gasteiger partial charge in [-0.1, -0.05) is 37.1 Å². The summed E-state index contributed by atoms with van der Waals surface area (Å²) >= 11 is 0. The zero-order valence-corrected chi connectivity index (χ0v) is 18.1. The van der Waals surface area contributed by atoms with Crippen LogP contribution in [0.4, 0.5) is 16.2 Å². The Balaban J connectivity index is 1.24. The van der Waals surface area contributed by atoms with Crippen molar-refractivity contribution in [2.45, 2.75) is 44.1 Å². The van der Waals surface area contributed by atoms with Gasteiger partial charge in [-0.2, -0.15) is 0 Å². The molecule has 32 heavy (non-hydrogen) atoms. The van der Waals surface area contributed by atoms with Crippen LogP contribution in [-0.2, 0) is 21.5 Å². The molecule has 2 fully saturated rings. The predicted molar refractivity (Wildman–Crippen MR) is 122 cm³/mol. The van der Waals surface area contributed by atoms with Gasteiger partial charge in [0.15, 0.2) is 0 Å². The lowest BCUT2D eigenvalue weighted by Gasteiger charge is -2.23. The van der Waals surface area contributed by atoms with Gasteiger partial charge in [0, 0.05) is 24.5 Å². The number of amides is 4. The highest BCUT2D eigenvalue weighted by atomic mass is 16.2. The summed E-state index contributed by atoms with van der Waals surface area (Å²) in [6.45, 7) is 1.81. The van der Waals surface area contributed by atoms with Gasteiger partial charge in [0.05, 0.1) is 0 Å². The maximum atomic E-state index is 13.2. The van der Waals surface area contributed by atoms with E-state index in [-0.39, 0.29) is 18.4 Å². The lowest BCUT2D eigenvalue weighted by molar-refractivity contribution is -0.134. The Bertz CT molecular complexity index is 1040. The number of hydrogen-bond donors (Lipinski definition) is 2. The van der Waals surface area contributed by atoms with Crippen LogP contribution < -0.4 is 15.5 Å². The molecule has 5 rings (SSSR count). The molecule has 2 aromatic rings. The lowest BCUT2D eigenvalue weighted by atomic mass is 9.92. The zero-order chi connectivity index (χ0) is 22.1. The van der Waals surface area contributed by atoms with Crippen molar-refractivity contribution in [3.63, 3.8) is 0 Å². The summed E-state index contributed by atoms with van der Waals surface area (Å²) in [5.74, 6) is -0.738. The van der Waals surface area contributed by atoms with E-state index in [1.165, 1.54) is 25.7 Å². The monoisotopic (exact) mass is 432 g/mol. The minimum atomic E-state index is -1.04. The molecular weight excluding hydrogens is 404 g/mol. The number of fused-ring (bicyclic) bond motifs is 2. The van der Waals surface area contributed by atoms with Gasteiger partial charge in [0.25, 0.3) is 5.91 Å². The molecule has 0 aromatic heterocycles. The average molecular weight is 433 g/mol. The van der Waals surface area contributed by atoms with E-state index in [1.54, 1.807) is 0 Å². The predicted octanol–water partition coefficient (Wildman–Crippen LogP) is 3.40. The Hall–Kier alpha value is -3.35. The normalized spacial score (nSPS) is 22.6. The molecule has 0 bridgehead atoms. The van der Waals surface area contributed by atoms with E-state index in [0.717, 1.165) is 41.2 Å². The number of anilines is 2. The van der Waals surface area contributed by atoms with Crippen molar-refractivity contribution in [1.82, 2.24) is 10.2 Å². The van der Waals surface area contributed by atoms with Crippen LogP contribution in [0, 0.1) is 0 Å². The van der Waals surface area contributed by atoms with Crippen LogP contribution in [0.25, 0.3) is 0 Å². The molecule has 7 heteroatoms. The van der Waals surface area contributed by atoms with Crippen molar-refractivity contribution in [3.8, 4) is 0 Å². The van der Waals surface area contributed by atoms with Crippen molar-refractivity contribution >= 4 is 29.2 Å². The fourth-order valence-electron chi connectivity index (χ4n) is 5.16. The highest BCUT2D eigenvalue weighted by Gasteiger charge is 2.55. The van der Waals surface area contributed by atoms with Gasteiger partial charge in [-0.15, -0.1) is 0 Å². The first-order chi connectivity index (χ1) is 15.6. The highest BCUT2D eigenvalue weighted by Crippen LogP contribution is 2.41. The Kier molecular flexibility index (Phi) is 5.33. The van der Waals surface area contributed by atoms with Crippen LogP contribution in [0.3, 0.4) is 0 Å². The van der Waals surface area contributed by atoms with Crippen LogP contribution in [0.5, 0.6) is 0 Å². The molecule has 166 valence electrons. The largest absolute Gasteiger partial charge is 0.372 e. The second-order valence-corrected chi connectivity index (χ2v) is 8.88. The highest BCUT2D eigenvalue weighted by molar-refractivity contribution is 6.10. The summed E-state index contributed by atoms with van der Waals surface area (Å²) in [6, 6.07) is 14.9. The van der Waals surface area contributed by atoms with Crippen molar-refractivity contribution < 1.29 is 14.4 Å². The van der Waals surface area contributed by atoms with E-state index in [0.29, 0.717) is 12.1 Å². The molecule has 7 nitrogen and oxygen atoms in total. The van der Waals surface area contributed by atoms with Gasteiger partial charge >= 0.3 is 6.03 Å². The number of hydrogen-bond acceptors (Lipinski definition) is 4. The van der Waals surface area contributed by atoms with Crippen molar-refractivity contribution in [2.24, 2.45) is 0 Å². The van der Waals surface area contributed by atoms with E-state index in [1.807, 2.05) is 48.5 Å². The first kappa shape index (κ1) is 20.5. The first-order valence-electron chi connectivity index (χ1n) is 11.4. The van der Waals surface area contributed by atoms with Gasteiger partial charge in [0.1, 0.15) is 12.1 Å². The Morgan fingerprint density at radius 2 is 1.69 bits per heavy atom. The van der Waals surface area contributed by atoms with E-state index in [4.69, 9.17) is 0 Å². The molecule has 2 aromatic carbocycles. The Morgan fingerprint density at radius 1 is 0.969 bits per heavy atom. The van der Waals surface area contributed by atoms with Gasteiger partial charge < -0.3 is 15.5 Å². The molecule has 2 aliphatic heterocycles. The third-order valence-corrected chi connectivity index (χ3v) is 6.85. The van der Waals surface area contributed by atoms with E-state index in [2.05, 4.69) is 15.5 Å². The fourth-order valence-corrected chi connectivity index (χ4v) is 5.16. The van der Waals surface area contributed by atoms with E-state index in [9.17, 15) is 14.4 Å². The third kappa shape index (κ3) is 3.61. The van der Waals surface area contributed by atoms with Gasteiger partial charge in [-0.3, -0.25) is 14.5 Å². The summed E-state index contributed by atoms with van der Waals surface area (Å²) in [5, 5.41) is 5.67. The smallest absolute Gasteiger partial charge is 0.325 e. The van der Waals surface area contributed by atoms with E-state index < -0.39 is 11.6 Å². The molecule has 0 saturated carbocycles. The standard InChI is InChI=1S/C25H28N4O3/c30-22(26-19-9-11-20(12-10-19)28-15-5-1-2-6-16-28)17-29-23(31)25(27-24(29)32)14-13-18-7-3-4-8-21(18)25/h3-4,7-12H,1-2,5-6,13-17H2,(H,26,30)(H,27,32). The van der Waals surface area contributed by atoms with Gasteiger partial charge in [0.2, 0.25) is 5.91 Å². The zero-order valence-electron chi connectivity index (χ0n) is 18.1. The molecule has 2 heterocycles. The number of carbonyl (C=O) groups excluding carboxylic acids is 3. The molecule has 3 aliphatic rings. The van der Waals surface area contributed by atoms with Crippen LogP contribution in [0.1, 0.15) is 43.2 Å². The summed E-state index contributed by atoms with van der Waals surface area (Å²) in [7, 11) is 0. The van der Waals surface area contributed by atoms with Crippen molar-refractivity contribution in [1.29, 1.82) is 0 Å². The molecule has 1 atom stereocenters. The molecule has 1 aliphatic carbocycles. The molecule has 4 amide bonds. The Labute approximate surface area is 187 Å². The quantitative estimate of drug-likeness (QED) is 0.726. The number of aryl methyl sites for hydroxylation is 1. The molecule has 2 saturated heterocycles. The van der Waals surface area contributed by atoms with Gasteiger partial charge in [-0.25, -0.2) is 4.79 Å². The second-order valence-electron chi connectivity index (χ2n) is 8.88. The molecular formula is C25H28N4O3. The summed E-state index contributed by atoms with van der Waals surface area (Å²) in [4.78, 5) is 41.9. The van der Waals surface area contributed by atoms with Crippen LogP contribution in [0.2, 0.25) is 0 Å². The summed E-state index contributed by atoms with van der Waals surface area (Å²) in [5.41, 5.74) is 2.67. The number of nitrogens with one attached hydrogen (secondary N) is 2. The number of carbonyl (C=O) groups is 3. The summed E-state index contributed by atoms with van der Waals surface area (Å²) in [6.07, 6.45) is 6.21. The average Bonchev–Trinajstić information content (AvgIpc) is 3.12. The number of imide groups is 1. The maximum absolute atomic E-state index is 13.2. The molecule has 2 N–H and O–H groups in total. The SMILES string of the molecule is O=C(CN1C(=O)NC2(CCc3ccccc32)C1=O)Nc1ccc(N2CCCCCC2)cc1. The second kappa shape index (κ2) is 8.30. The minimum Gasteiger partial charge on any atom is -0.372 e. The number of benzene rings is 2. The van der Waals surface area contributed by atoms with E-state index >= 15 is 0 Å². The maximum Gasteiger partial charge on any atom is 0.325 e.